The number of hydrogen-bond acceptors (Lipinski definition) is 4. The quantitative estimate of drug-likeness (QED) is 0.763. The highest BCUT2D eigenvalue weighted by Gasteiger charge is 2.11. The van der Waals surface area contributed by atoms with Crippen molar-refractivity contribution in [2.75, 3.05) is 5.32 Å². The molecule has 1 N–H and O–H groups in total. The topological polar surface area (TPSA) is 55.6 Å². The van der Waals surface area contributed by atoms with Gasteiger partial charge in [0, 0.05) is 12.4 Å². The first-order chi connectivity index (χ1) is 9.16. The van der Waals surface area contributed by atoms with Crippen LogP contribution in [-0.4, -0.2) is 20.0 Å². The Morgan fingerprint density at radius 1 is 1.16 bits per heavy atom. The maximum Gasteiger partial charge on any atom is 0.0950 e. The van der Waals surface area contributed by atoms with E-state index >= 15 is 0 Å². The van der Waals surface area contributed by atoms with Crippen molar-refractivity contribution in [3.8, 4) is 0 Å². The summed E-state index contributed by atoms with van der Waals surface area (Å²) in [4.78, 5) is 0. The lowest BCUT2D eigenvalue weighted by Crippen LogP contribution is -1.97. The molecule has 0 saturated heterocycles. The molecule has 0 atom stereocenters. The van der Waals surface area contributed by atoms with Crippen molar-refractivity contribution in [2.24, 2.45) is 7.05 Å². The predicted octanol–water partition coefficient (Wildman–Crippen LogP) is 2.72. The second kappa shape index (κ2) is 4.35. The van der Waals surface area contributed by atoms with Crippen molar-refractivity contribution >= 4 is 22.3 Å². The summed E-state index contributed by atoms with van der Waals surface area (Å²) in [5.41, 5.74) is 4.93. The zero-order valence-electron chi connectivity index (χ0n) is 11.2. The molecule has 0 fully saturated rings. The van der Waals surface area contributed by atoms with Gasteiger partial charge < -0.3 is 5.32 Å². The van der Waals surface area contributed by atoms with E-state index in [4.69, 9.17) is 0 Å². The van der Waals surface area contributed by atoms with Crippen LogP contribution in [0.25, 0.3) is 10.9 Å². The van der Waals surface area contributed by atoms with Gasteiger partial charge in [0.15, 0.2) is 0 Å². The molecule has 0 aliphatic carbocycles. The minimum Gasteiger partial charge on any atom is -0.351 e. The van der Waals surface area contributed by atoms with E-state index in [1.165, 1.54) is 0 Å². The molecule has 96 valence electrons. The molecule has 2 aromatic heterocycles. The number of anilines is 2. The Labute approximate surface area is 111 Å². The molecule has 0 aliphatic rings. The normalized spacial score (nSPS) is 10.9. The summed E-state index contributed by atoms with van der Waals surface area (Å²) < 4.78 is 1.87. The molecule has 0 unspecified atom stereocenters. The average Bonchev–Trinajstić information content (AvgIpc) is 2.66. The lowest BCUT2D eigenvalue weighted by molar-refractivity contribution is 0.731. The largest absolute Gasteiger partial charge is 0.351 e. The van der Waals surface area contributed by atoms with Gasteiger partial charge in [-0.2, -0.15) is 15.3 Å². The van der Waals surface area contributed by atoms with Gasteiger partial charge in [-0.15, -0.1) is 0 Å². The van der Waals surface area contributed by atoms with E-state index in [9.17, 15) is 0 Å². The van der Waals surface area contributed by atoms with Gasteiger partial charge in [-0.3, -0.25) is 4.68 Å². The molecule has 3 rings (SSSR count). The van der Waals surface area contributed by atoms with Crippen LogP contribution in [-0.2, 0) is 7.05 Å². The maximum absolute atomic E-state index is 4.40. The standard InChI is InChI=1S/C14H15N5/c1-9-14(10(2)19(3)18-9)16-13-8-15-17-12-7-5-4-6-11(12)13/h4-8H,1-3H3,(H,16,17). The Morgan fingerprint density at radius 3 is 2.68 bits per heavy atom. The Kier molecular flexibility index (Phi) is 2.67. The van der Waals surface area contributed by atoms with Crippen molar-refractivity contribution in [1.82, 2.24) is 20.0 Å². The van der Waals surface area contributed by atoms with Crippen LogP contribution in [0.5, 0.6) is 0 Å². The molecular weight excluding hydrogens is 238 g/mol. The highest BCUT2D eigenvalue weighted by Crippen LogP contribution is 2.27. The summed E-state index contributed by atoms with van der Waals surface area (Å²) in [6.07, 6.45) is 1.74. The molecule has 5 heteroatoms. The van der Waals surface area contributed by atoms with Gasteiger partial charge in [-0.25, -0.2) is 0 Å². The third-order valence-electron chi connectivity index (χ3n) is 3.32. The summed E-state index contributed by atoms with van der Waals surface area (Å²) >= 11 is 0. The molecule has 0 spiro atoms. The van der Waals surface area contributed by atoms with Crippen LogP contribution in [0, 0.1) is 13.8 Å². The highest BCUT2D eigenvalue weighted by molar-refractivity contribution is 5.92. The fourth-order valence-electron chi connectivity index (χ4n) is 2.20. The number of aromatic nitrogens is 4. The van der Waals surface area contributed by atoms with E-state index in [2.05, 4.69) is 20.6 Å². The molecule has 0 aliphatic heterocycles. The summed E-state index contributed by atoms with van der Waals surface area (Å²) in [6.45, 7) is 4.03. The highest BCUT2D eigenvalue weighted by atomic mass is 15.3. The van der Waals surface area contributed by atoms with E-state index in [0.717, 1.165) is 33.7 Å². The minimum atomic E-state index is 0.881. The van der Waals surface area contributed by atoms with E-state index in [1.54, 1.807) is 6.20 Å². The average molecular weight is 253 g/mol. The van der Waals surface area contributed by atoms with E-state index in [-0.39, 0.29) is 0 Å². The molecule has 0 amide bonds. The Morgan fingerprint density at radius 2 is 1.95 bits per heavy atom. The summed E-state index contributed by atoms with van der Waals surface area (Å²) in [5.74, 6) is 0. The van der Waals surface area contributed by atoms with Gasteiger partial charge in [0.2, 0.25) is 0 Å². The van der Waals surface area contributed by atoms with Crippen LogP contribution in [0.1, 0.15) is 11.4 Å². The number of fused-ring (bicyclic) bond motifs is 1. The number of nitrogens with zero attached hydrogens (tertiary/aromatic N) is 4. The zero-order chi connectivity index (χ0) is 13.4. The van der Waals surface area contributed by atoms with E-state index in [1.807, 2.05) is 49.8 Å². The van der Waals surface area contributed by atoms with Crippen LogP contribution < -0.4 is 5.32 Å². The first kappa shape index (κ1) is 11.6. The van der Waals surface area contributed by atoms with Gasteiger partial charge >= 0.3 is 0 Å². The Hall–Kier alpha value is -2.43. The van der Waals surface area contributed by atoms with E-state index in [0.29, 0.717) is 0 Å². The zero-order valence-corrected chi connectivity index (χ0v) is 11.2. The second-order valence-corrected chi connectivity index (χ2v) is 4.57. The first-order valence-corrected chi connectivity index (χ1v) is 6.14. The fourth-order valence-corrected chi connectivity index (χ4v) is 2.20. The maximum atomic E-state index is 4.40. The molecular formula is C14H15N5. The van der Waals surface area contributed by atoms with Gasteiger partial charge in [0.1, 0.15) is 0 Å². The van der Waals surface area contributed by atoms with Crippen LogP contribution in [0.4, 0.5) is 11.4 Å². The molecule has 19 heavy (non-hydrogen) atoms. The summed E-state index contributed by atoms with van der Waals surface area (Å²) in [5, 5.41) is 17.0. The van der Waals surface area contributed by atoms with Crippen molar-refractivity contribution in [3.63, 3.8) is 0 Å². The summed E-state index contributed by atoms with van der Waals surface area (Å²) in [7, 11) is 1.94. The van der Waals surface area contributed by atoms with Crippen LogP contribution in [0.2, 0.25) is 0 Å². The molecule has 0 saturated carbocycles. The Balaban J connectivity index is 2.11. The number of aryl methyl sites for hydroxylation is 2. The fraction of sp³-hybridized carbons (Fsp3) is 0.214. The van der Waals surface area contributed by atoms with Crippen molar-refractivity contribution < 1.29 is 0 Å². The lowest BCUT2D eigenvalue weighted by atomic mass is 10.2. The number of hydrogen-bond donors (Lipinski definition) is 1. The molecule has 3 aromatic rings. The molecule has 5 nitrogen and oxygen atoms in total. The first-order valence-electron chi connectivity index (χ1n) is 6.14. The van der Waals surface area contributed by atoms with Gasteiger partial charge in [-0.1, -0.05) is 18.2 Å². The molecule has 0 radical (unpaired) electrons. The van der Waals surface area contributed by atoms with Crippen molar-refractivity contribution in [1.29, 1.82) is 0 Å². The molecule has 0 bridgehead atoms. The molecule has 2 heterocycles. The van der Waals surface area contributed by atoms with Crippen molar-refractivity contribution in [3.05, 3.63) is 41.9 Å². The smallest absolute Gasteiger partial charge is 0.0950 e. The lowest BCUT2D eigenvalue weighted by Gasteiger charge is -2.08. The number of rotatable bonds is 2. The third-order valence-corrected chi connectivity index (χ3v) is 3.32. The molecule has 1 aromatic carbocycles. The van der Waals surface area contributed by atoms with Gasteiger partial charge in [0.05, 0.1) is 34.5 Å². The number of nitrogens with one attached hydrogen (secondary N) is 1. The SMILES string of the molecule is Cc1nn(C)c(C)c1Nc1cnnc2ccccc12. The van der Waals surface area contributed by atoms with E-state index < -0.39 is 0 Å². The predicted molar refractivity (Wildman–Crippen MR) is 75.5 cm³/mol. The van der Waals surface area contributed by atoms with Crippen molar-refractivity contribution in [2.45, 2.75) is 13.8 Å². The third kappa shape index (κ3) is 1.93. The van der Waals surface area contributed by atoms with Crippen LogP contribution in [0.15, 0.2) is 30.5 Å². The van der Waals surface area contributed by atoms with Crippen LogP contribution >= 0.6 is 0 Å². The minimum absolute atomic E-state index is 0.881. The van der Waals surface area contributed by atoms with Crippen LogP contribution in [0.3, 0.4) is 0 Å². The van der Waals surface area contributed by atoms with Gasteiger partial charge in [0.25, 0.3) is 0 Å². The Bertz CT molecular complexity index is 739. The second-order valence-electron chi connectivity index (χ2n) is 4.57. The summed E-state index contributed by atoms with van der Waals surface area (Å²) in [6, 6.07) is 7.95. The van der Waals surface area contributed by atoms with Gasteiger partial charge in [-0.05, 0) is 19.9 Å². The number of benzene rings is 1. The monoisotopic (exact) mass is 253 g/mol.